The molecule has 1 amide bonds. The van der Waals surface area contributed by atoms with Gasteiger partial charge in [0.25, 0.3) is 0 Å². The van der Waals surface area contributed by atoms with Crippen LogP contribution in [0.2, 0.25) is 0 Å². The molecule has 2 heterocycles. The zero-order valence-corrected chi connectivity index (χ0v) is 11.9. The molecule has 0 saturated heterocycles. The molecule has 0 spiro atoms. The van der Waals surface area contributed by atoms with E-state index in [0.29, 0.717) is 0 Å². The first-order valence-electron chi connectivity index (χ1n) is 6.00. The number of rotatable bonds is 1. The van der Waals surface area contributed by atoms with Crippen LogP contribution in [0.4, 0.5) is 0 Å². The van der Waals surface area contributed by atoms with Gasteiger partial charge >= 0.3 is 12.0 Å². The Morgan fingerprint density at radius 3 is 2.43 bits per heavy atom. The average Bonchev–Trinajstić information content (AvgIpc) is 2.76. The quantitative estimate of drug-likeness (QED) is 0.673. The van der Waals surface area contributed by atoms with E-state index in [-0.39, 0.29) is 28.6 Å². The summed E-state index contributed by atoms with van der Waals surface area (Å²) in [5.41, 5.74) is 0.583. The van der Waals surface area contributed by atoms with Gasteiger partial charge < -0.3 is 4.74 Å². The fraction of sp³-hybridized carbons (Fsp3) is 0.333. The Labute approximate surface area is 118 Å². The summed E-state index contributed by atoms with van der Waals surface area (Å²) in [7, 11) is 1.53. The van der Waals surface area contributed by atoms with Crippen LogP contribution in [-0.4, -0.2) is 36.9 Å². The molecule has 0 aliphatic heterocycles. The van der Waals surface area contributed by atoms with Gasteiger partial charge in [0.2, 0.25) is 11.8 Å². The lowest BCUT2D eigenvalue weighted by Gasteiger charge is -2.08. The fourth-order valence-corrected chi connectivity index (χ4v) is 1.75. The maximum Gasteiger partial charge on any atom is 0.310 e. The van der Waals surface area contributed by atoms with E-state index in [2.05, 4.69) is 15.0 Å². The number of esters is 1. The van der Waals surface area contributed by atoms with E-state index in [4.69, 9.17) is 4.74 Å². The Balaban J connectivity index is 2.91. The molecule has 0 aromatic carbocycles. The second-order valence-electron chi connectivity index (χ2n) is 4.31. The normalized spacial score (nSPS) is 11.7. The summed E-state index contributed by atoms with van der Waals surface area (Å²) in [4.78, 5) is 45.9. The van der Waals surface area contributed by atoms with Gasteiger partial charge in [-0.05, 0) is 0 Å². The van der Waals surface area contributed by atoms with Gasteiger partial charge in [0.05, 0.1) is 0 Å². The molecule has 0 aliphatic carbocycles. The molecule has 0 saturated carbocycles. The first-order valence-corrected chi connectivity index (χ1v) is 6.00. The Morgan fingerprint density at radius 1 is 1.24 bits per heavy atom. The van der Waals surface area contributed by atoms with Crippen molar-refractivity contribution < 1.29 is 19.1 Å². The molecule has 0 radical (unpaired) electrons. The lowest BCUT2D eigenvalue weighted by Crippen LogP contribution is -2.25. The number of imidazole rings is 1. The van der Waals surface area contributed by atoms with E-state index < -0.39 is 11.9 Å². The highest BCUT2D eigenvalue weighted by Crippen LogP contribution is 2.11. The van der Waals surface area contributed by atoms with Crippen LogP contribution in [0.5, 0.6) is 6.01 Å². The zero-order valence-electron chi connectivity index (χ0n) is 11.9. The minimum absolute atomic E-state index is 0.0852. The molecule has 2 aromatic rings. The molecule has 0 aliphatic rings. The van der Waals surface area contributed by atoms with Gasteiger partial charge in [-0.1, -0.05) is 0 Å². The Bertz CT molecular complexity index is 830. The standard InChI is InChI=1S/C12H13N5O4/c1-6(18)14-10-9-11(17(5-13-9)7(2)19)15-12(16(10)4)21-8(3)20/h5H,1-4H3. The minimum Gasteiger partial charge on any atom is -0.392 e. The number of ether oxygens (including phenoxy) is 1. The summed E-state index contributed by atoms with van der Waals surface area (Å²) in [6, 6.07) is -0.0852. The molecule has 9 heteroatoms. The highest BCUT2D eigenvalue weighted by Gasteiger charge is 2.16. The maximum atomic E-state index is 11.5. The molecular formula is C12H13N5O4. The molecule has 9 nitrogen and oxygen atoms in total. The Morgan fingerprint density at radius 2 is 1.90 bits per heavy atom. The van der Waals surface area contributed by atoms with Crippen LogP contribution < -0.4 is 10.2 Å². The van der Waals surface area contributed by atoms with Crippen molar-refractivity contribution in [3.8, 4) is 6.01 Å². The van der Waals surface area contributed by atoms with E-state index in [1.807, 2.05) is 0 Å². The SMILES string of the molecule is CC(=O)N=c1c2ncn(C(C)=O)c2nc(OC(C)=O)n1C. The third kappa shape index (κ3) is 2.71. The van der Waals surface area contributed by atoms with Gasteiger partial charge in [0.1, 0.15) is 6.33 Å². The summed E-state index contributed by atoms with van der Waals surface area (Å²) in [6.07, 6.45) is 1.27. The number of carbonyl (C=O) groups is 3. The number of hydrogen-bond donors (Lipinski definition) is 0. The summed E-state index contributed by atoms with van der Waals surface area (Å²) < 4.78 is 7.47. The largest absolute Gasteiger partial charge is 0.392 e. The van der Waals surface area contributed by atoms with Gasteiger partial charge in [0, 0.05) is 27.8 Å². The smallest absolute Gasteiger partial charge is 0.310 e. The summed E-state index contributed by atoms with van der Waals surface area (Å²) in [5.74, 6) is -1.36. The van der Waals surface area contributed by atoms with Crippen LogP contribution in [0.1, 0.15) is 25.6 Å². The van der Waals surface area contributed by atoms with Crippen LogP contribution in [0.3, 0.4) is 0 Å². The van der Waals surface area contributed by atoms with E-state index >= 15 is 0 Å². The molecule has 110 valence electrons. The second-order valence-corrected chi connectivity index (χ2v) is 4.31. The monoisotopic (exact) mass is 291 g/mol. The molecule has 0 bridgehead atoms. The first-order chi connectivity index (χ1) is 9.81. The van der Waals surface area contributed by atoms with Gasteiger partial charge in [0.15, 0.2) is 16.7 Å². The van der Waals surface area contributed by atoms with Crippen LogP contribution in [0.15, 0.2) is 11.3 Å². The lowest BCUT2D eigenvalue weighted by molar-refractivity contribution is -0.132. The van der Waals surface area contributed by atoms with Crippen LogP contribution >= 0.6 is 0 Å². The van der Waals surface area contributed by atoms with E-state index in [1.54, 1.807) is 0 Å². The molecule has 2 rings (SSSR count). The van der Waals surface area contributed by atoms with Gasteiger partial charge in [-0.25, -0.2) is 4.98 Å². The van der Waals surface area contributed by atoms with E-state index in [0.717, 1.165) is 0 Å². The zero-order chi connectivity index (χ0) is 15.7. The van der Waals surface area contributed by atoms with Crippen molar-refractivity contribution in [1.82, 2.24) is 19.1 Å². The fourth-order valence-electron chi connectivity index (χ4n) is 1.75. The van der Waals surface area contributed by atoms with Crippen molar-refractivity contribution in [2.45, 2.75) is 20.8 Å². The Kier molecular flexibility index (Phi) is 3.66. The predicted molar refractivity (Wildman–Crippen MR) is 70.4 cm³/mol. The van der Waals surface area contributed by atoms with Crippen LogP contribution in [0.25, 0.3) is 11.2 Å². The van der Waals surface area contributed by atoms with Gasteiger partial charge in [-0.3, -0.25) is 23.5 Å². The van der Waals surface area contributed by atoms with Crippen molar-refractivity contribution in [3.05, 3.63) is 11.8 Å². The van der Waals surface area contributed by atoms with Crippen molar-refractivity contribution in [3.63, 3.8) is 0 Å². The molecule has 0 fully saturated rings. The molecule has 2 aromatic heterocycles. The topological polar surface area (TPSA) is 108 Å². The Hall–Kier alpha value is -2.84. The summed E-state index contributed by atoms with van der Waals surface area (Å²) in [6.45, 7) is 3.83. The molecule has 0 unspecified atom stereocenters. The van der Waals surface area contributed by atoms with E-state index in [1.165, 1.54) is 43.3 Å². The number of nitrogens with zero attached hydrogens (tertiary/aromatic N) is 5. The predicted octanol–water partition coefficient (Wildman–Crippen LogP) is -0.198. The highest BCUT2D eigenvalue weighted by molar-refractivity contribution is 5.87. The van der Waals surface area contributed by atoms with Gasteiger partial charge in [-0.15, -0.1) is 0 Å². The maximum absolute atomic E-state index is 11.5. The first kappa shape index (κ1) is 14.6. The van der Waals surface area contributed by atoms with Gasteiger partial charge in [-0.2, -0.15) is 9.98 Å². The van der Waals surface area contributed by atoms with Crippen molar-refractivity contribution in [1.29, 1.82) is 0 Å². The third-order valence-electron chi connectivity index (χ3n) is 2.60. The number of fused-ring (bicyclic) bond motifs is 1. The van der Waals surface area contributed by atoms with Crippen molar-refractivity contribution in [2.75, 3.05) is 0 Å². The minimum atomic E-state index is -0.583. The molecule has 0 atom stereocenters. The number of hydrogen-bond acceptors (Lipinski definition) is 6. The van der Waals surface area contributed by atoms with Crippen LogP contribution in [-0.2, 0) is 16.6 Å². The number of carbonyl (C=O) groups excluding carboxylic acids is 3. The molecule has 21 heavy (non-hydrogen) atoms. The second kappa shape index (κ2) is 5.27. The number of aromatic nitrogens is 4. The third-order valence-corrected chi connectivity index (χ3v) is 2.60. The van der Waals surface area contributed by atoms with Crippen LogP contribution in [0, 0.1) is 0 Å². The summed E-state index contributed by atoms with van der Waals surface area (Å²) >= 11 is 0. The van der Waals surface area contributed by atoms with Crippen molar-refractivity contribution in [2.24, 2.45) is 12.0 Å². The molecule has 0 N–H and O–H groups in total. The van der Waals surface area contributed by atoms with E-state index in [9.17, 15) is 14.4 Å². The highest BCUT2D eigenvalue weighted by atomic mass is 16.5. The summed E-state index contributed by atoms with van der Waals surface area (Å²) in [5, 5.41) is 0. The molecular weight excluding hydrogens is 278 g/mol. The van der Waals surface area contributed by atoms with Crippen molar-refractivity contribution >= 4 is 28.9 Å². The average molecular weight is 291 g/mol. The lowest BCUT2D eigenvalue weighted by atomic mass is 10.5. The number of amides is 1.